The highest BCUT2D eigenvalue weighted by atomic mass is 19.1. The molecular formula is C16H17F2NO2. The van der Waals surface area contributed by atoms with E-state index in [2.05, 4.69) is 5.32 Å². The van der Waals surface area contributed by atoms with Crippen LogP contribution in [0.25, 0.3) is 0 Å². The second-order valence-electron chi connectivity index (χ2n) is 4.54. The van der Waals surface area contributed by atoms with E-state index >= 15 is 0 Å². The number of hydrogen-bond acceptors (Lipinski definition) is 3. The predicted molar refractivity (Wildman–Crippen MR) is 76.4 cm³/mol. The molecule has 0 unspecified atom stereocenters. The molecule has 0 radical (unpaired) electrons. The standard InChI is InChI=1S/C16H17F2NO2/c1-19-9-11-3-6-15(16(7-11)20-2)21-10-12-8-13(17)4-5-14(12)18/h3-8,19H,9-10H2,1-2H3. The summed E-state index contributed by atoms with van der Waals surface area (Å²) in [6, 6.07) is 8.76. The van der Waals surface area contributed by atoms with Crippen LogP contribution in [0.4, 0.5) is 8.78 Å². The molecule has 2 aromatic rings. The maximum absolute atomic E-state index is 13.5. The Morgan fingerprint density at radius 2 is 1.86 bits per heavy atom. The van der Waals surface area contributed by atoms with Gasteiger partial charge in [-0.1, -0.05) is 6.07 Å². The first-order chi connectivity index (χ1) is 10.1. The maximum atomic E-state index is 13.5. The Morgan fingerprint density at radius 3 is 2.57 bits per heavy atom. The zero-order valence-electron chi connectivity index (χ0n) is 12.0. The normalized spacial score (nSPS) is 10.5. The molecule has 0 fully saturated rings. The Balaban J connectivity index is 2.14. The van der Waals surface area contributed by atoms with Gasteiger partial charge in [-0.05, 0) is 42.9 Å². The molecular weight excluding hydrogens is 276 g/mol. The second-order valence-corrected chi connectivity index (χ2v) is 4.54. The number of nitrogens with one attached hydrogen (secondary N) is 1. The highest BCUT2D eigenvalue weighted by molar-refractivity contribution is 5.43. The summed E-state index contributed by atoms with van der Waals surface area (Å²) in [5.74, 6) is 0.0501. The fourth-order valence-electron chi connectivity index (χ4n) is 1.95. The summed E-state index contributed by atoms with van der Waals surface area (Å²) in [4.78, 5) is 0. The number of benzene rings is 2. The smallest absolute Gasteiger partial charge is 0.161 e. The first-order valence-corrected chi connectivity index (χ1v) is 6.52. The number of hydrogen-bond donors (Lipinski definition) is 1. The average molecular weight is 293 g/mol. The summed E-state index contributed by atoms with van der Waals surface area (Å²) in [7, 11) is 3.39. The first-order valence-electron chi connectivity index (χ1n) is 6.52. The van der Waals surface area contributed by atoms with Gasteiger partial charge in [0.15, 0.2) is 11.5 Å². The Kier molecular flexibility index (Phi) is 5.11. The van der Waals surface area contributed by atoms with Crippen molar-refractivity contribution >= 4 is 0 Å². The molecule has 0 aromatic heterocycles. The maximum Gasteiger partial charge on any atom is 0.161 e. The van der Waals surface area contributed by atoms with Crippen molar-refractivity contribution in [3.8, 4) is 11.5 Å². The third-order valence-electron chi connectivity index (χ3n) is 3.00. The van der Waals surface area contributed by atoms with Gasteiger partial charge < -0.3 is 14.8 Å². The van der Waals surface area contributed by atoms with E-state index in [1.54, 1.807) is 6.07 Å². The van der Waals surface area contributed by atoms with Crippen molar-refractivity contribution in [2.24, 2.45) is 0 Å². The van der Waals surface area contributed by atoms with Gasteiger partial charge in [-0.25, -0.2) is 8.78 Å². The molecule has 0 aliphatic rings. The van der Waals surface area contributed by atoms with Crippen LogP contribution in [0.3, 0.4) is 0 Å². The van der Waals surface area contributed by atoms with Crippen LogP contribution in [0.1, 0.15) is 11.1 Å². The molecule has 0 aliphatic heterocycles. The van der Waals surface area contributed by atoms with Crippen LogP contribution in [0.15, 0.2) is 36.4 Å². The molecule has 0 amide bonds. The van der Waals surface area contributed by atoms with Crippen molar-refractivity contribution in [2.75, 3.05) is 14.2 Å². The molecule has 0 aliphatic carbocycles. The average Bonchev–Trinajstić information content (AvgIpc) is 2.49. The van der Waals surface area contributed by atoms with Gasteiger partial charge in [-0.2, -0.15) is 0 Å². The fourth-order valence-corrected chi connectivity index (χ4v) is 1.95. The molecule has 0 bridgehead atoms. The summed E-state index contributed by atoms with van der Waals surface area (Å²) < 4.78 is 37.4. The molecule has 0 saturated carbocycles. The summed E-state index contributed by atoms with van der Waals surface area (Å²) >= 11 is 0. The van der Waals surface area contributed by atoms with Crippen LogP contribution < -0.4 is 14.8 Å². The van der Waals surface area contributed by atoms with E-state index in [-0.39, 0.29) is 12.2 Å². The van der Waals surface area contributed by atoms with Crippen LogP contribution in [-0.4, -0.2) is 14.2 Å². The molecule has 21 heavy (non-hydrogen) atoms. The van der Waals surface area contributed by atoms with Gasteiger partial charge in [-0.15, -0.1) is 0 Å². The molecule has 0 saturated heterocycles. The van der Waals surface area contributed by atoms with Gasteiger partial charge in [-0.3, -0.25) is 0 Å². The Labute approximate surface area is 122 Å². The van der Waals surface area contributed by atoms with Gasteiger partial charge in [0.25, 0.3) is 0 Å². The highest BCUT2D eigenvalue weighted by Gasteiger charge is 2.09. The van der Waals surface area contributed by atoms with Crippen molar-refractivity contribution in [1.29, 1.82) is 0 Å². The van der Waals surface area contributed by atoms with Crippen molar-refractivity contribution in [2.45, 2.75) is 13.2 Å². The SMILES string of the molecule is CNCc1ccc(OCc2cc(F)ccc2F)c(OC)c1. The Hall–Kier alpha value is -2.14. The summed E-state index contributed by atoms with van der Waals surface area (Å²) in [5.41, 5.74) is 1.20. The van der Waals surface area contributed by atoms with Gasteiger partial charge in [0.2, 0.25) is 0 Å². The minimum atomic E-state index is -0.498. The predicted octanol–water partition coefficient (Wildman–Crippen LogP) is 3.27. The second kappa shape index (κ2) is 7.04. The van der Waals surface area contributed by atoms with Crippen molar-refractivity contribution < 1.29 is 18.3 Å². The van der Waals surface area contributed by atoms with Gasteiger partial charge >= 0.3 is 0 Å². The Morgan fingerprint density at radius 1 is 1.05 bits per heavy atom. The zero-order chi connectivity index (χ0) is 15.2. The van der Waals surface area contributed by atoms with Crippen LogP contribution >= 0.6 is 0 Å². The lowest BCUT2D eigenvalue weighted by atomic mass is 10.2. The van der Waals surface area contributed by atoms with Crippen LogP contribution in [-0.2, 0) is 13.2 Å². The van der Waals surface area contributed by atoms with E-state index in [1.807, 2.05) is 19.2 Å². The van der Waals surface area contributed by atoms with Gasteiger partial charge in [0, 0.05) is 12.1 Å². The molecule has 0 spiro atoms. The lowest BCUT2D eigenvalue weighted by Gasteiger charge is -2.12. The molecule has 2 rings (SSSR count). The molecule has 3 nitrogen and oxygen atoms in total. The number of ether oxygens (including phenoxy) is 2. The molecule has 0 atom stereocenters. The molecule has 2 aromatic carbocycles. The molecule has 0 heterocycles. The highest BCUT2D eigenvalue weighted by Crippen LogP contribution is 2.29. The van der Waals surface area contributed by atoms with Crippen molar-refractivity contribution in [3.05, 3.63) is 59.2 Å². The summed E-state index contributed by atoms with van der Waals surface area (Å²) in [6.07, 6.45) is 0. The molecule has 5 heteroatoms. The van der Waals surface area contributed by atoms with Crippen LogP contribution in [0.2, 0.25) is 0 Å². The summed E-state index contributed by atoms with van der Waals surface area (Å²) in [6.45, 7) is 0.639. The van der Waals surface area contributed by atoms with Gasteiger partial charge in [0.05, 0.1) is 7.11 Å². The first kappa shape index (κ1) is 15.3. The lowest BCUT2D eigenvalue weighted by molar-refractivity contribution is 0.279. The van der Waals surface area contributed by atoms with Crippen LogP contribution in [0, 0.1) is 11.6 Å². The largest absolute Gasteiger partial charge is 0.493 e. The zero-order valence-corrected chi connectivity index (χ0v) is 12.0. The minimum absolute atomic E-state index is 0.0642. The quantitative estimate of drug-likeness (QED) is 0.886. The van der Waals surface area contributed by atoms with E-state index in [0.29, 0.717) is 18.0 Å². The van der Waals surface area contributed by atoms with Crippen LogP contribution in [0.5, 0.6) is 11.5 Å². The van der Waals surface area contributed by atoms with E-state index in [0.717, 1.165) is 23.8 Å². The minimum Gasteiger partial charge on any atom is -0.493 e. The van der Waals surface area contributed by atoms with Crippen molar-refractivity contribution in [3.63, 3.8) is 0 Å². The number of halogens is 2. The molecule has 112 valence electrons. The van der Waals surface area contributed by atoms with Gasteiger partial charge in [0.1, 0.15) is 18.2 Å². The molecule has 1 N–H and O–H groups in total. The number of rotatable bonds is 6. The monoisotopic (exact) mass is 293 g/mol. The fraction of sp³-hybridized carbons (Fsp3) is 0.250. The van der Waals surface area contributed by atoms with Crippen molar-refractivity contribution in [1.82, 2.24) is 5.32 Å². The van der Waals surface area contributed by atoms with E-state index in [1.165, 1.54) is 7.11 Å². The third kappa shape index (κ3) is 3.92. The third-order valence-corrected chi connectivity index (χ3v) is 3.00. The summed E-state index contributed by atoms with van der Waals surface area (Å²) in [5, 5.41) is 3.04. The Bertz CT molecular complexity index is 617. The lowest BCUT2D eigenvalue weighted by Crippen LogP contribution is -2.06. The number of methoxy groups -OCH3 is 1. The topological polar surface area (TPSA) is 30.5 Å². The van der Waals surface area contributed by atoms with E-state index in [4.69, 9.17) is 9.47 Å². The van der Waals surface area contributed by atoms with E-state index < -0.39 is 11.6 Å². The van der Waals surface area contributed by atoms with E-state index in [9.17, 15) is 8.78 Å².